The summed E-state index contributed by atoms with van der Waals surface area (Å²) in [5, 5.41) is 4.40. The van der Waals surface area contributed by atoms with Crippen LogP contribution < -0.4 is 5.73 Å². The first-order valence-corrected chi connectivity index (χ1v) is 6.18. The maximum Gasteiger partial charge on any atom is 0.0543 e. The van der Waals surface area contributed by atoms with Gasteiger partial charge in [0.2, 0.25) is 0 Å². The molecule has 0 saturated carbocycles. The van der Waals surface area contributed by atoms with Gasteiger partial charge in [-0.15, -0.1) is 0 Å². The Hall–Kier alpha value is -0.870. The standard InChI is InChI=1S/C12H22N4/c1-10(2)15-5-3-12(4-6-15)16-9-11(7-13)8-14-16/h8-10,12H,3-7,13H2,1-2H3. The molecule has 1 saturated heterocycles. The molecule has 4 nitrogen and oxygen atoms in total. The van der Waals surface area contributed by atoms with Crippen molar-refractivity contribution in [2.45, 2.75) is 45.3 Å². The molecular formula is C12H22N4. The summed E-state index contributed by atoms with van der Waals surface area (Å²) in [4.78, 5) is 2.53. The zero-order valence-electron chi connectivity index (χ0n) is 10.3. The average Bonchev–Trinajstić information content (AvgIpc) is 2.77. The third-order valence-corrected chi connectivity index (χ3v) is 3.49. The van der Waals surface area contributed by atoms with Crippen LogP contribution >= 0.6 is 0 Å². The Balaban J connectivity index is 1.93. The predicted octanol–water partition coefficient (Wildman–Crippen LogP) is 1.39. The second-order valence-electron chi connectivity index (χ2n) is 4.89. The van der Waals surface area contributed by atoms with E-state index in [0.29, 0.717) is 18.6 Å². The third-order valence-electron chi connectivity index (χ3n) is 3.49. The Morgan fingerprint density at radius 3 is 2.62 bits per heavy atom. The van der Waals surface area contributed by atoms with E-state index in [0.717, 1.165) is 5.56 Å². The molecule has 4 heteroatoms. The van der Waals surface area contributed by atoms with Crippen molar-refractivity contribution in [3.8, 4) is 0 Å². The lowest BCUT2D eigenvalue weighted by molar-refractivity contribution is 0.147. The van der Waals surface area contributed by atoms with Crippen LogP contribution in [-0.2, 0) is 6.54 Å². The van der Waals surface area contributed by atoms with Crippen LogP contribution in [0.5, 0.6) is 0 Å². The van der Waals surface area contributed by atoms with Crippen LogP contribution in [0, 0.1) is 0 Å². The van der Waals surface area contributed by atoms with Crippen LogP contribution in [0.15, 0.2) is 12.4 Å². The van der Waals surface area contributed by atoms with Crippen LogP contribution in [0.25, 0.3) is 0 Å². The highest BCUT2D eigenvalue weighted by Crippen LogP contribution is 2.23. The minimum Gasteiger partial charge on any atom is -0.326 e. The van der Waals surface area contributed by atoms with Crippen LogP contribution in [0.2, 0.25) is 0 Å². The van der Waals surface area contributed by atoms with E-state index in [-0.39, 0.29) is 0 Å². The van der Waals surface area contributed by atoms with Gasteiger partial charge in [-0.05, 0) is 26.7 Å². The smallest absolute Gasteiger partial charge is 0.0543 e. The number of piperidine rings is 1. The number of aromatic nitrogens is 2. The summed E-state index contributed by atoms with van der Waals surface area (Å²) in [7, 11) is 0. The van der Waals surface area contributed by atoms with Gasteiger partial charge in [0.25, 0.3) is 0 Å². The van der Waals surface area contributed by atoms with Crippen molar-refractivity contribution in [2.24, 2.45) is 5.73 Å². The Bertz CT molecular complexity index is 324. The average molecular weight is 222 g/mol. The van der Waals surface area contributed by atoms with Crippen LogP contribution in [0.3, 0.4) is 0 Å². The van der Waals surface area contributed by atoms with Crippen LogP contribution in [-0.4, -0.2) is 33.8 Å². The zero-order valence-corrected chi connectivity index (χ0v) is 10.3. The Kier molecular flexibility index (Phi) is 3.61. The number of nitrogens with zero attached hydrogens (tertiary/aromatic N) is 3. The topological polar surface area (TPSA) is 47.1 Å². The molecule has 16 heavy (non-hydrogen) atoms. The molecule has 1 fully saturated rings. The highest BCUT2D eigenvalue weighted by Gasteiger charge is 2.22. The molecule has 0 spiro atoms. The molecule has 2 N–H and O–H groups in total. The summed E-state index contributed by atoms with van der Waals surface area (Å²) in [5.74, 6) is 0. The Morgan fingerprint density at radius 2 is 2.12 bits per heavy atom. The first kappa shape index (κ1) is 11.6. The molecule has 0 unspecified atom stereocenters. The van der Waals surface area contributed by atoms with E-state index in [4.69, 9.17) is 5.73 Å². The lowest BCUT2D eigenvalue weighted by Crippen LogP contribution is -2.39. The van der Waals surface area contributed by atoms with Crippen LogP contribution in [0.1, 0.15) is 38.3 Å². The first-order chi connectivity index (χ1) is 7.70. The molecule has 0 atom stereocenters. The van der Waals surface area contributed by atoms with Crippen LogP contribution in [0.4, 0.5) is 0 Å². The van der Waals surface area contributed by atoms with Crippen molar-refractivity contribution >= 4 is 0 Å². The largest absolute Gasteiger partial charge is 0.326 e. The van der Waals surface area contributed by atoms with Gasteiger partial charge in [0.15, 0.2) is 0 Å². The molecule has 0 radical (unpaired) electrons. The molecular weight excluding hydrogens is 200 g/mol. The Morgan fingerprint density at radius 1 is 1.44 bits per heavy atom. The molecule has 2 heterocycles. The predicted molar refractivity (Wildman–Crippen MR) is 65.1 cm³/mol. The van der Waals surface area contributed by atoms with E-state index < -0.39 is 0 Å². The van der Waals surface area contributed by atoms with Gasteiger partial charge in [-0.1, -0.05) is 0 Å². The molecule has 0 aromatic carbocycles. The molecule has 0 aliphatic carbocycles. The Labute approximate surface area is 97.4 Å². The van der Waals surface area contributed by atoms with Gasteiger partial charge < -0.3 is 10.6 Å². The number of hydrogen-bond donors (Lipinski definition) is 1. The van der Waals surface area contributed by atoms with E-state index in [2.05, 4.69) is 34.7 Å². The lowest BCUT2D eigenvalue weighted by Gasteiger charge is -2.34. The van der Waals surface area contributed by atoms with E-state index in [1.54, 1.807) is 0 Å². The van der Waals surface area contributed by atoms with Gasteiger partial charge in [0.1, 0.15) is 0 Å². The minimum absolute atomic E-state index is 0.565. The third kappa shape index (κ3) is 2.44. The first-order valence-electron chi connectivity index (χ1n) is 6.18. The summed E-state index contributed by atoms with van der Waals surface area (Å²) in [6.45, 7) is 7.48. The number of nitrogens with two attached hydrogens (primary N) is 1. The van der Waals surface area contributed by atoms with Crippen molar-refractivity contribution < 1.29 is 0 Å². The van der Waals surface area contributed by atoms with Gasteiger partial charge in [-0.3, -0.25) is 4.68 Å². The summed E-state index contributed by atoms with van der Waals surface area (Å²) < 4.78 is 2.10. The van der Waals surface area contributed by atoms with Crippen molar-refractivity contribution in [1.82, 2.24) is 14.7 Å². The monoisotopic (exact) mass is 222 g/mol. The molecule has 1 aliphatic heterocycles. The highest BCUT2D eigenvalue weighted by atomic mass is 15.3. The minimum atomic E-state index is 0.565. The van der Waals surface area contributed by atoms with E-state index >= 15 is 0 Å². The van der Waals surface area contributed by atoms with Crippen molar-refractivity contribution in [1.29, 1.82) is 0 Å². The lowest BCUT2D eigenvalue weighted by atomic mass is 10.0. The molecule has 1 aromatic rings. The number of hydrogen-bond acceptors (Lipinski definition) is 3. The molecule has 2 rings (SSSR count). The SMILES string of the molecule is CC(C)N1CCC(n2cc(CN)cn2)CC1. The second kappa shape index (κ2) is 4.97. The molecule has 0 amide bonds. The summed E-state index contributed by atoms with van der Waals surface area (Å²) >= 11 is 0. The summed E-state index contributed by atoms with van der Waals surface area (Å²) in [6.07, 6.45) is 6.37. The van der Waals surface area contributed by atoms with Crippen molar-refractivity contribution in [3.63, 3.8) is 0 Å². The van der Waals surface area contributed by atoms with Crippen molar-refractivity contribution in [3.05, 3.63) is 18.0 Å². The van der Waals surface area contributed by atoms with Gasteiger partial charge in [0, 0.05) is 37.4 Å². The fraction of sp³-hybridized carbons (Fsp3) is 0.750. The molecule has 0 bridgehead atoms. The fourth-order valence-electron chi connectivity index (χ4n) is 2.35. The zero-order chi connectivity index (χ0) is 11.5. The maximum absolute atomic E-state index is 5.59. The number of rotatable bonds is 3. The van der Waals surface area contributed by atoms with Gasteiger partial charge in [-0.2, -0.15) is 5.10 Å². The van der Waals surface area contributed by atoms with E-state index in [1.807, 2.05) is 6.20 Å². The summed E-state index contributed by atoms with van der Waals surface area (Å²) in [6, 6.07) is 1.23. The highest BCUT2D eigenvalue weighted by molar-refractivity contribution is 5.03. The maximum atomic E-state index is 5.59. The van der Waals surface area contributed by atoms with Gasteiger partial charge >= 0.3 is 0 Å². The van der Waals surface area contributed by atoms with Crippen molar-refractivity contribution in [2.75, 3.05) is 13.1 Å². The van der Waals surface area contributed by atoms with Gasteiger partial charge in [0.05, 0.1) is 12.2 Å². The summed E-state index contributed by atoms with van der Waals surface area (Å²) in [5.41, 5.74) is 6.72. The van der Waals surface area contributed by atoms with Gasteiger partial charge in [-0.25, -0.2) is 0 Å². The fourth-order valence-corrected chi connectivity index (χ4v) is 2.35. The molecule has 90 valence electrons. The van der Waals surface area contributed by atoms with E-state index in [9.17, 15) is 0 Å². The number of likely N-dealkylation sites (tertiary alicyclic amines) is 1. The molecule has 1 aliphatic rings. The second-order valence-corrected chi connectivity index (χ2v) is 4.89. The molecule has 1 aromatic heterocycles. The quantitative estimate of drug-likeness (QED) is 0.840. The normalized spacial score (nSPS) is 19.5. The van der Waals surface area contributed by atoms with E-state index in [1.165, 1.54) is 25.9 Å².